The minimum Gasteiger partial charge on any atom is -0.356 e. The van der Waals surface area contributed by atoms with E-state index >= 15 is 0 Å². The average molecular weight is 245 g/mol. The van der Waals surface area contributed by atoms with Crippen molar-refractivity contribution in [3.63, 3.8) is 0 Å². The van der Waals surface area contributed by atoms with Crippen LogP contribution in [0.3, 0.4) is 0 Å². The second-order valence-electron chi connectivity index (χ2n) is 5.06. The number of rotatable bonds is 3. The van der Waals surface area contributed by atoms with Gasteiger partial charge in [-0.1, -0.05) is 17.7 Å². The van der Waals surface area contributed by atoms with E-state index in [1.54, 1.807) is 0 Å². The fourth-order valence-corrected chi connectivity index (χ4v) is 2.56. The Balaban J connectivity index is 1.92. The maximum atomic E-state index is 4.41. The third-order valence-corrected chi connectivity index (χ3v) is 3.41. The summed E-state index contributed by atoms with van der Waals surface area (Å²) in [7, 11) is 0. The Morgan fingerprint density at radius 3 is 2.56 bits per heavy atom. The molecular formula is C15H23N3. The molecule has 1 aromatic carbocycles. The molecule has 0 amide bonds. The van der Waals surface area contributed by atoms with Crippen molar-refractivity contribution in [2.75, 3.05) is 19.6 Å². The topological polar surface area (TPSA) is 36.4 Å². The molecule has 2 N–H and O–H groups in total. The Hall–Kier alpha value is -1.51. The lowest BCUT2D eigenvalue weighted by molar-refractivity contribution is 0.699. The van der Waals surface area contributed by atoms with Crippen LogP contribution in [0.4, 0.5) is 0 Å². The van der Waals surface area contributed by atoms with E-state index in [-0.39, 0.29) is 0 Å². The van der Waals surface area contributed by atoms with Crippen LogP contribution in [-0.4, -0.2) is 25.6 Å². The molecule has 1 heterocycles. The molecule has 0 atom stereocenters. The van der Waals surface area contributed by atoms with Gasteiger partial charge in [-0.2, -0.15) is 0 Å². The van der Waals surface area contributed by atoms with Gasteiger partial charge in [0.2, 0.25) is 0 Å². The van der Waals surface area contributed by atoms with E-state index in [2.05, 4.69) is 48.5 Å². The van der Waals surface area contributed by atoms with Gasteiger partial charge in [-0.3, -0.25) is 4.99 Å². The van der Waals surface area contributed by atoms with E-state index in [4.69, 9.17) is 0 Å². The molecule has 1 aliphatic rings. The number of hydrogen-bond acceptors (Lipinski definition) is 3. The molecule has 3 nitrogen and oxygen atoms in total. The van der Waals surface area contributed by atoms with Gasteiger partial charge in [0, 0.05) is 19.6 Å². The van der Waals surface area contributed by atoms with Gasteiger partial charge in [-0.25, -0.2) is 0 Å². The van der Waals surface area contributed by atoms with Crippen molar-refractivity contribution in [1.29, 1.82) is 0 Å². The van der Waals surface area contributed by atoms with E-state index in [1.165, 1.54) is 22.3 Å². The van der Waals surface area contributed by atoms with Crippen LogP contribution in [0.1, 0.15) is 28.7 Å². The second kappa shape index (κ2) is 5.89. The quantitative estimate of drug-likeness (QED) is 0.855. The first-order chi connectivity index (χ1) is 8.66. The summed E-state index contributed by atoms with van der Waals surface area (Å²) in [6, 6.07) is 4.53. The van der Waals surface area contributed by atoms with Gasteiger partial charge in [-0.05, 0) is 50.3 Å². The molecule has 0 fully saturated rings. The molecule has 0 spiro atoms. The maximum absolute atomic E-state index is 4.41. The van der Waals surface area contributed by atoms with Crippen molar-refractivity contribution in [2.24, 2.45) is 4.99 Å². The zero-order valence-corrected chi connectivity index (χ0v) is 11.6. The molecule has 0 aromatic heterocycles. The summed E-state index contributed by atoms with van der Waals surface area (Å²) < 4.78 is 0. The van der Waals surface area contributed by atoms with E-state index in [1.807, 2.05) is 0 Å². The summed E-state index contributed by atoms with van der Waals surface area (Å²) in [6.45, 7) is 9.48. The Bertz CT molecular complexity index is 426. The molecule has 0 unspecified atom stereocenters. The number of nitrogens with zero attached hydrogens (tertiary/aromatic N) is 1. The molecule has 1 aliphatic heterocycles. The highest BCUT2D eigenvalue weighted by molar-refractivity contribution is 5.80. The SMILES string of the molecule is Cc1cc(C)c(CCNC2=NCCCN2)c(C)c1. The normalized spacial score (nSPS) is 14.9. The van der Waals surface area contributed by atoms with Gasteiger partial charge in [0.1, 0.15) is 0 Å². The number of hydrogen-bond donors (Lipinski definition) is 2. The van der Waals surface area contributed by atoms with Crippen LogP contribution in [0.5, 0.6) is 0 Å². The monoisotopic (exact) mass is 245 g/mol. The number of aliphatic imine (C=N–C) groups is 1. The zero-order chi connectivity index (χ0) is 13.0. The Kier molecular flexibility index (Phi) is 4.24. The fraction of sp³-hybridized carbons (Fsp3) is 0.533. The molecule has 1 aromatic rings. The first kappa shape index (κ1) is 12.9. The Morgan fingerprint density at radius 2 is 1.94 bits per heavy atom. The predicted molar refractivity (Wildman–Crippen MR) is 77.3 cm³/mol. The van der Waals surface area contributed by atoms with Gasteiger partial charge in [-0.15, -0.1) is 0 Å². The summed E-state index contributed by atoms with van der Waals surface area (Å²) in [5.74, 6) is 0.962. The van der Waals surface area contributed by atoms with Crippen molar-refractivity contribution in [3.8, 4) is 0 Å². The van der Waals surface area contributed by atoms with E-state index in [0.29, 0.717) is 0 Å². The van der Waals surface area contributed by atoms with Crippen molar-refractivity contribution >= 4 is 5.96 Å². The second-order valence-corrected chi connectivity index (χ2v) is 5.06. The number of nitrogens with one attached hydrogen (secondary N) is 2. The van der Waals surface area contributed by atoms with Crippen LogP contribution in [-0.2, 0) is 6.42 Å². The largest absolute Gasteiger partial charge is 0.356 e. The molecule has 3 heteroatoms. The summed E-state index contributed by atoms with van der Waals surface area (Å²) in [4.78, 5) is 4.41. The van der Waals surface area contributed by atoms with Gasteiger partial charge in [0.25, 0.3) is 0 Å². The summed E-state index contributed by atoms with van der Waals surface area (Å²) in [5, 5.41) is 6.66. The zero-order valence-electron chi connectivity index (χ0n) is 11.6. The fourth-order valence-electron chi connectivity index (χ4n) is 2.56. The van der Waals surface area contributed by atoms with Gasteiger partial charge < -0.3 is 10.6 Å². The number of aryl methyl sites for hydroxylation is 3. The first-order valence-corrected chi connectivity index (χ1v) is 6.76. The minimum atomic E-state index is 0.941. The van der Waals surface area contributed by atoms with Crippen molar-refractivity contribution in [3.05, 3.63) is 34.4 Å². The maximum Gasteiger partial charge on any atom is 0.191 e. The Morgan fingerprint density at radius 1 is 1.22 bits per heavy atom. The van der Waals surface area contributed by atoms with E-state index in [9.17, 15) is 0 Å². The predicted octanol–water partition coefficient (Wildman–Crippen LogP) is 2.09. The summed E-state index contributed by atoms with van der Waals surface area (Å²) in [5.41, 5.74) is 5.60. The molecular weight excluding hydrogens is 222 g/mol. The Labute approximate surface area is 110 Å². The third kappa shape index (κ3) is 3.25. The van der Waals surface area contributed by atoms with E-state index in [0.717, 1.165) is 38.4 Å². The lowest BCUT2D eigenvalue weighted by Gasteiger charge is -2.17. The number of benzene rings is 1. The van der Waals surface area contributed by atoms with Gasteiger partial charge in [0.15, 0.2) is 5.96 Å². The van der Waals surface area contributed by atoms with E-state index < -0.39 is 0 Å². The highest BCUT2D eigenvalue weighted by atomic mass is 15.2. The summed E-state index contributed by atoms with van der Waals surface area (Å²) in [6.07, 6.45) is 2.19. The van der Waals surface area contributed by atoms with Crippen molar-refractivity contribution in [2.45, 2.75) is 33.6 Å². The van der Waals surface area contributed by atoms with Gasteiger partial charge >= 0.3 is 0 Å². The lowest BCUT2D eigenvalue weighted by atomic mass is 9.97. The highest BCUT2D eigenvalue weighted by Gasteiger charge is 2.06. The molecule has 0 saturated heterocycles. The average Bonchev–Trinajstić information content (AvgIpc) is 2.34. The minimum absolute atomic E-state index is 0.941. The van der Waals surface area contributed by atoms with Crippen LogP contribution in [0.2, 0.25) is 0 Å². The van der Waals surface area contributed by atoms with Crippen molar-refractivity contribution < 1.29 is 0 Å². The van der Waals surface area contributed by atoms with Crippen LogP contribution in [0, 0.1) is 20.8 Å². The van der Waals surface area contributed by atoms with Gasteiger partial charge in [0.05, 0.1) is 0 Å². The van der Waals surface area contributed by atoms with Crippen molar-refractivity contribution in [1.82, 2.24) is 10.6 Å². The molecule has 0 saturated carbocycles. The third-order valence-electron chi connectivity index (χ3n) is 3.41. The molecule has 0 bridgehead atoms. The van der Waals surface area contributed by atoms with Crippen LogP contribution in [0.25, 0.3) is 0 Å². The molecule has 0 radical (unpaired) electrons. The standard InChI is InChI=1S/C15H23N3/c1-11-9-12(2)14(13(3)10-11)5-8-18-15-16-6-4-7-17-15/h9-10H,4-8H2,1-3H3,(H2,16,17,18). The molecule has 2 rings (SSSR count). The first-order valence-electron chi connectivity index (χ1n) is 6.76. The molecule has 98 valence electrons. The lowest BCUT2D eigenvalue weighted by Crippen LogP contribution is -2.41. The smallest absolute Gasteiger partial charge is 0.191 e. The molecule has 18 heavy (non-hydrogen) atoms. The number of guanidine groups is 1. The molecule has 0 aliphatic carbocycles. The highest BCUT2D eigenvalue weighted by Crippen LogP contribution is 2.16. The van der Waals surface area contributed by atoms with Crippen LogP contribution >= 0.6 is 0 Å². The van der Waals surface area contributed by atoms with Crippen LogP contribution < -0.4 is 10.6 Å². The van der Waals surface area contributed by atoms with Crippen LogP contribution in [0.15, 0.2) is 17.1 Å². The summed E-state index contributed by atoms with van der Waals surface area (Å²) >= 11 is 0.